The second-order valence-electron chi connectivity index (χ2n) is 2.70. The Balaban J connectivity index is 2.89. The molecule has 0 spiro atoms. The van der Waals surface area contributed by atoms with Crippen molar-refractivity contribution in [1.29, 1.82) is 0 Å². The van der Waals surface area contributed by atoms with Crippen molar-refractivity contribution in [1.82, 2.24) is 5.32 Å². The fourth-order valence-corrected chi connectivity index (χ4v) is 1.19. The zero-order valence-corrected chi connectivity index (χ0v) is 6.54. The van der Waals surface area contributed by atoms with Crippen LogP contribution in [0.5, 0.6) is 0 Å². The van der Waals surface area contributed by atoms with Crippen LogP contribution in [0.3, 0.4) is 0 Å². The molecular formula is C7H9NO5. The van der Waals surface area contributed by atoms with Crippen molar-refractivity contribution in [3.8, 4) is 0 Å². The molecule has 0 amide bonds. The Hall–Kier alpha value is -1.56. The first-order chi connectivity index (χ1) is 6.04. The summed E-state index contributed by atoms with van der Waals surface area (Å²) in [5.74, 6) is -3.98. The normalized spacial score (nSPS) is 32.2. The lowest BCUT2D eigenvalue weighted by Gasteiger charge is -2.26. The summed E-state index contributed by atoms with van der Waals surface area (Å²) < 4.78 is 0. The maximum Gasteiger partial charge on any atom is 0.327 e. The summed E-state index contributed by atoms with van der Waals surface area (Å²) in [6.07, 6.45) is 1.18. The maximum atomic E-state index is 10.6. The van der Waals surface area contributed by atoms with E-state index in [0.29, 0.717) is 0 Å². The lowest BCUT2D eigenvalue weighted by atomic mass is 9.91. The molecule has 0 aromatic carbocycles. The van der Waals surface area contributed by atoms with Crippen molar-refractivity contribution < 1.29 is 24.9 Å². The van der Waals surface area contributed by atoms with E-state index in [4.69, 9.17) is 10.2 Å². The van der Waals surface area contributed by atoms with E-state index in [1.165, 1.54) is 12.3 Å². The highest BCUT2D eigenvalue weighted by Crippen LogP contribution is 2.15. The molecule has 1 heterocycles. The molecule has 3 atom stereocenters. The fourth-order valence-electron chi connectivity index (χ4n) is 1.19. The summed E-state index contributed by atoms with van der Waals surface area (Å²) >= 11 is 0. The molecule has 1 aliphatic rings. The van der Waals surface area contributed by atoms with E-state index in [2.05, 4.69) is 5.32 Å². The van der Waals surface area contributed by atoms with Crippen LogP contribution in [0, 0.1) is 5.92 Å². The van der Waals surface area contributed by atoms with Crippen LogP contribution in [0.15, 0.2) is 12.3 Å². The third-order valence-electron chi connectivity index (χ3n) is 1.85. The molecule has 72 valence electrons. The molecule has 0 aromatic heterocycles. The highest BCUT2D eigenvalue weighted by atomic mass is 16.4. The van der Waals surface area contributed by atoms with E-state index < -0.39 is 30.0 Å². The van der Waals surface area contributed by atoms with Gasteiger partial charge in [0.2, 0.25) is 0 Å². The first kappa shape index (κ1) is 9.53. The van der Waals surface area contributed by atoms with E-state index in [-0.39, 0.29) is 0 Å². The van der Waals surface area contributed by atoms with E-state index in [1.807, 2.05) is 0 Å². The van der Waals surface area contributed by atoms with Gasteiger partial charge in [-0.1, -0.05) is 0 Å². The number of carbonyl (C=O) groups is 2. The van der Waals surface area contributed by atoms with Crippen LogP contribution < -0.4 is 5.32 Å². The van der Waals surface area contributed by atoms with Gasteiger partial charge in [-0.2, -0.15) is 0 Å². The van der Waals surface area contributed by atoms with Gasteiger partial charge in [0.1, 0.15) is 12.0 Å². The van der Waals surface area contributed by atoms with Gasteiger partial charge in [0.05, 0.1) is 6.10 Å². The Morgan fingerprint density at radius 3 is 2.23 bits per heavy atom. The number of rotatable bonds is 2. The maximum absolute atomic E-state index is 10.6. The first-order valence-electron chi connectivity index (χ1n) is 3.60. The summed E-state index contributed by atoms with van der Waals surface area (Å²) in [6.45, 7) is 0. The predicted octanol–water partition coefficient (Wildman–Crippen LogP) is -1.38. The van der Waals surface area contributed by atoms with Gasteiger partial charge < -0.3 is 20.6 Å². The van der Waals surface area contributed by atoms with Gasteiger partial charge in [-0.25, -0.2) is 4.79 Å². The second-order valence-corrected chi connectivity index (χ2v) is 2.70. The minimum absolute atomic E-state index is 1.21. The van der Waals surface area contributed by atoms with Gasteiger partial charge in [0, 0.05) is 0 Å². The molecule has 6 heteroatoms. The minimum atomic E-state index is -1.34. The van der Waals surface area contributed by atoms with Gasteiger partial charge in [0.25, 0.3) is 0 Å². The largest absolute Gasteiger partial charge is 0.481 e. The van der Waals surface area contributed by atoms with E-state index in [1.54, 1.807) is 0 Å². The topological polar surface area (TPSA) is 107 Å². The van der Waals surface area contributed by atoms with Crippen LogP contribution in [0.25, 0.3) is 0 Å². The number of aliphatic carboxylic acids is 2. The number of hydrogen-bond donors (Lipinski definition) is 4. The third-order valence-corrected chi connectivity index (χ3v) is 1.85. The summed E-state index contributed by atoms with van der Waals surface area (Å²) in [5, 5.41) is 28.8. The zero-order chi connectivity index (χ0) is 10.0. The van der Waals surface area contributed by atoms with Crippen molar-refractivity contribution in [3.63, 3.8) is 0 Å². The molecule has 1 rings (SSSR count). The van der Waals surface area contributed by atoms with Crippen LogP contribution >= 0.6 is 0 Å². The number of aliphatic hydroxyl groups is 1. The third kappa shape index (κ3) is 1.78. The molecule has 0 bridgehead atoms. The van der Waals surface area contributed by atoms with Gasteiger partial charge in [-0.15, -0.1) is 0 Å². The summed E-state index contributed by atoms with van der Waals surface area (Å²) in [4.78, 5) is 21.1. The average molecular weight is 187 g/mol. The van der Waals surface area contributed by atoms with Gasteiger partial charge in [-0.3, -0.25) is 4.79 Å². The average Bonchev–Trinajstić information content (AvgIpc) is 2.02. The Kier molecular flexibility index (Phi) is 2.52. The Labute approximate surface area is 73.5 Å². The van der Waals surface area contributed by atoms with Crippen molar-refractivity contribution in [2.45, 2.75) is 12.1 Å². The molecule has 0 aromatic rings. The lowest BCUT2D eigenvalue weighted by Crippen LogP contribution is -2.51. The second kappa shape index (κ2) is 3.44. The number of nitrogens with one attached hydrogen (secondary N) is 1. The van der Waals surface area contributed by atoms with Crippen LogP contribution in [0.4, 0.5) is 0 Å². The van der Waals surface area contributed by atoms with Crippen LogP contribution in [0.2, 0.25) is 0 Å². The Bertz CT molecular complexity index is 262. The smallest absolute Gasteiger partial charge is 0.327 e. The summed E-state index contributed by atoms with van der Waals surface area (Å²) in [6, 6.07) is -1.28. The zero-order valence-electron chi connectivity index (χ0n) is 6.54. The van der Waals surface area contributed by atoms with Crippen molar-refractivity contribution in [2.24, 2.45) is 5.92 Å². The van der Waals surface area contributed by atoms with Crippen molar-refractivity contribution >= 4 is 11.9 Å². The van der Waals surface area contributed by atoms with Crippen molar-refractivity contribution in [3.05, 3.63) is 12.3 Å². The molecule has 0 saturated heterocycles. The molecule has 0 fully saturated rings. The minimum Gasteiger partial charge on any atom is -0.481 e. The summed E-state index contributed by atoms with van der Waals surface area (Å²) in [5.41, 5.74) is 0. The van der Waals surface area contributed by atoms with Crippen LogP contribution in [-0.4, -0.2) is 39.4 Å². The SMILES string of the molecule is O=C(O)C1NC=CC(O)C1C(=O)O. The first-order valence-corrected chi connectivity index (χ1v) is 3.60. The molecular weight excluding hydrogens is 178 g/mol. The van der Waals surface area contributed by atoms with Crippen molar-refractivity contribution in [2.75, 3.05) is 0 Å². The van der Waals surface area contributed by atoms with E-state index in [9.17, 15) is 14.7 Å². The summed E-state index contributed by atoms with van der Waals surface area (Å²) in [7, 11) is 0. The van der Waals surface area contributed by atoms with Gasteiger partial charge in [-0.05, 0) is 12.3 Å². The van der Waals surface area contributed by atoms with E-state index in [0.717, 1.165) is 0 Å². The number of hydrogen-bond acceptors (Lipinski definition) is 4. The molecule has 3 unspecified atom stereocenters. The monoisotopic (exact) mass is 187 g/mol. The Morgan fingerprint density at radius 2 is 1.85 bits per heavy atom. The molecule has 0 saturated carbocycles. The quantitative estimate of drug-likeness (QED) is 0.424. The molecule has 1 aliphatic heterocycles. The number of carboxylic acid groups (broad SMARTS) is 2. The van der Waals surface area contributed by atoms with Gasteiger partial charge >= 0.3 is 11.9 Å². The number of carboxylic acids is 2. The highest BCUT2D eigenvalue weighted by Gasteiger charge is 2.39. The molecule has 6 nitrogen and oxygen atoms in total. The molecule has 0 aliphatic carbocycles. The molecule has 0 radical (unpaired) electrons. The molecule has 4 N–H and O–H groups in total. The fraction of sp³-hybridized carbons (Fsp3) is 0.429. The molecule has 13 heavy (non-hydrogen) atoms. The van der Waals surface area contributed by atoms with Gasteiger partial charge in [0.15, 0.2) is 0 Å². The highest BCUT2D eigenvalue weighted by molar-refractivity contribution is 5.83. The predicted molar refractivity (Wildman–Crippen MR) is 40.8 cm³/mol. The van der Waals surface area contributed by atoms with Crippen LogP contribution in [0.1, 0.15) is 0 Å². The Morgan fingerprint density at radius 1 is 1.23 bits per heavy atom. The number of aliphatic hydroxyl groups excluding tert-OH is 1. The van der Waals surface area contributed by atoms with E-state index >= 15 is 0 Å². The lowest BCUT2D eigenvalue weighted by molar-refractivity contribution is -0.154. The van der Waals surface area contributed by atoms with Crippen LogP contribution in [-0.2, 0) is 9.59 Å². The standard InChI is InChI=1S/C7H9NO5/c9-3-1-2-8-5(7(12)13)4(3)6(10)11/h1-5,8-9H,(H,10,11)(H,12,13).